The minimum atomic E-state index is -0.344. The van der Waals surface area contributed by atoms with Crippen LogP contribution in [0.2, 0.25) is 0 Å². The van der Waals surface area contributed by atoms with Crippen LogP contribution in [0.1, 0.15) is 17.4 Å². The van der Waals surface area contributed by atoms with Crippen molar-refractivity contribution < 1.29 is 9.53 Å². The Bertz CT molecular complexity index is 525. The van der Waals surface area contributed by atoms with Crippen molar-refractivity contribution in [1.82, 2.24) is 4.98 Å². The molecule has 0 spiro atoms. The Hall–Kier alpha value is -1.62. The summed E-state index contributed by atoms with van der Waals surface area (Å²) in [7, 11) is 1.89. The first-order valence-corrected chi connectivity index (χ1v) is 6.24. The van der Waals surface area contributed by atoms with Crippen molar-refractivity contribution in [2.24, 2.45) is 0 Å². The monoisotopic (exact) mass is 245 g/mol. The van der Waals surface area contributed by atoms with Gasteiger partial charge in [0.2, 0.25) is 0 Å². The summed E-state index contributed by atoms with van der Waals surface area (Å²) in [6.07, 6.45) is 0. The minimum Gasteiger partial charge on any atom is -0.461 e. The van der Waals surface area contributed by atoms with E-state index in [1.54, 1.807) is 6.92 Å². The van der Waals surface area contributed by atoms with E-state index in [0.29, 0.717) is 12.3 Å². The van der Waals surface area contributed by atoms with Crippen LogP contribution in [-0.4, -0.2) is 25.4 Å². The van der Waals surface area contributed by atoms with Crippen molar-refractivity contribution in [2.45, 2.75) is 6.92 Å². The fourth-order valence-electron chi connectivity index (χ4n) is 1.49. The molecule has 17 heavy (non-hydrogen) atoms. The van der Waals surface area contributed by atoms with Crippen LogP contribution in [0.15, 0.2) is 30.3 Å². The van der Waals surface area contributed by atoms with E-state index in [1.807, 2.05) is 38.2 Å². The van der Waals surface area contributed by atoms with Crippen molar-refractivity contribution in [2.75, 3.05) is 6.61 Å². The number of hydrogen-bond acceptors (Lipinski definition) is 4. The maximum atomic E-state index is 11.6. The van der Waals surface area contributed by atoms with Gasteiger partial charge in [-0.3, -0.25) is 0 Å². The van der Waals surface area contributed by atoms with Crippen LogP contribution in [0.3, 0.4) is 0 Å². The third kappa shape index (κ3) is 2.56. The summed E-state index contributed by atoms with van der Waals surface area (Å²) in [5, 5.41) is 0.853. The third-order valence-electron chi connectivity index (χ3n) is 2.29. The lowest BCUT2D eigenvalue weighted by atomic mass is 10.1. The van der Waals surface area contributed by atoms with Crippen molar-refractivity contribution in [3.63, 3.8) is 0 Å². The molecule has 0 radical (unpaired) electrons. The van der Waals surface area contributed by atoms with Gasteiger partial charge < -0.3 is 4.74 Å². The molecule has 2 rings (SSSR count). The predicted molar refractivity (Wildman–Crippen MR) is 71.7 cm³/mol. The molecule has 0 aliphatic carbocycles. The zero-order chi connectivity index (χ0) is 12.3. The zero-order valence-corrected chi connectivity index (χ0v) is 10.6. The van der Waals surface area contributed by atoms with Gasteiger partial charge in [0, 0.05) is 5.56 Å². The molecule has 1 aromatic heterocycles. The molecule has 0 saturated heterocycles. The van der Waals surface area contributed by atoms with Crippen LogP contribution >= 0.6 is 11.3 Å². The van der Waals surface area contributed by atoms with Gasteiger partial charge in [-0.05, 0) is 11.7 Å². The summed E-state index contributed by atoms with van der Waals surface area (Å²) in [5.41, 5.74) is 1.45. The Morgan fingerprint density at radius 2 is 2.12 bits per heavy atom. The van der Waals surface area contributed by atoms with Gasteiger partial charge in [0.05, 0.1) is 6.61 Å². The van der Waals surface area contributed by atoms with Crippen LogP contribution in [0.5, 0.6) is 0 Å². The second-order valence-electron chi connectivity index (χ2n) is 3.51. The Morgan fingerprint density at radius 3 is 2.76 bits per heavy atom. The number of carbonyl (C=O) groups is 1. The standard InChI is InChI=1S/C12H12BNO2S/c1-2-16-12(15)9-10(13)17-11(14-9)8-6-4-3-5-7-8/h3-7H,2,13H2,1H3. The lowest BCUT2D eigenvalue weighted by Crippen LogP contribution is -2.14. The first kappa shape index (κ1) is 11.9. The molecule has 0 aliphatic heterocycles. The van der Waals surface area contributed by atoms with E-state index in [4.69, 9.17) is 4.74 Å². The summed E-state index contributed by atoms with van der Waals surface area (Å²) < 4.78 is 5.85. The second-order valence-corrected chi connectivity index (χ2v) is 4.71. The van der Waals surface area contributed by atoms with E-state index >= 15 is 0 Å². The van der Waals surface area contributed by atoms with Gasteiger partial charge in [-0.1, -0.05) is 30.3 Å². The fourth-order valence-corrected chi connectivity index (χ4v) is 2.40. The largest absolute Gasteiger partial charge is 0.461 e. The van der Waals surface area contributed by atoms with Gasteiger partial charge in [0.25, 0.3) is 0 Å². The summed E-state index contributed by atoms with van der Waals surface area (Å²) >= 11 is 1.51. The number of benzene rings is 1. The first-order chi connectivity index (χ1) is 8.22. The predicted octanol–water partition coefficient (Wildman–Crippen LogP) is 1.25. The van der Waals surface area contributed by atoms with Gasteiger partial charge in [-0.25, -0.2) is 9.78 Å². The number of nitrogens with zero attached hydrogens (tertiary/aromatic N) is 1. The number of rotatable bonds is 3. The molecule has 1 heterocycles. The first-order valence-electron chi connectivity index (χ1n) is 5.42. The van der Waals surface area contributed by atoms with E-state index in [-0.39, 0.29) is 5.97 Å². The molecule has 0 N–H and O–H groups in total. The number of hydrogen-bond donors (Lipinski definition) is 0. The van der Waals surface area contributed by atoms with Crippen molar-refractivity contribution in [1.29, 1.82) is 0 Å². The van der Waals surface area contributed by atoms with Gasteiger partial charge >= 0.3 is 5.97 Å². The zero-order valence-electron chi connectivity index (χ0n) is 9.77. The molecule has 1 aromatic carbocycles. The summed E-state index contributed by atoms with van der Waals surface area (Å²) in [4.78, 5) is 16.0. The molecular formula is C12H12BNO2S. The summed E-state index contributed by atoms with van der Waals surface area (Å²) in [5.74, 6) is -0.344. The smallest absolute Gasteiger partial charge is 0.357 e. The molecule has 0 atom stereocenters. The van der Waals surface area contributed by atoms with Crippen LogP contribution < -0.4 is 4.78 Å². The van der Waals surface area contributed by atoms with Crippen molar-refractivity contribution in [3.05, 3.63) is 36.0 Å². The summed E-state index contributed by atoms with van der Waals surface area (Å²) in [6.45, 7) is 2.16. The fraction of sp³-hybridized carbons (Fsp3) is 0.167. The molecule has 0 aliphatic rings. The Morgan fingerprint density at radius 1 is 1.41 bits per heavy atom. The molecule has 0 bridgehead atoms. The highest BCUT2D eigenvalue weighted by molar-refractivity contribution is 7.23. The SMILES string of the molecule is Bc1sc(-c2ccccc2)nc1C(=O)OCC. The summed E-state index contributed by atoms with van der Waals surface area (Å²) in [6, 6.07) is 9.82. The van der Waals surface area contributed by atoms with E-state index in [0.717, 1.165) is 15.3 Å². The van der Waals surface area contributed by atoms with Gasteiger partial charge in [-0.2, -0.15) is 0 Å². The Balaban J connectivity index is 2.34. The van der Waals surface area contributed by atoms with E-state index < -0.39 is 0 Å². The van der Waals surface area contributed by atoms with E-state index in [9.17, 15) is 4.79 Å². The number of thiazole rings is 1. The normalized spacial score (nSPS) is 10.2. The van der Waals surface area contributed by atoms with Gasteiger partial charge in [0.1, 0.15) is 5.01 Å². The van der Waals surface area contributed by atoms with Gasteiger partial charge in [-0.15, -0.1) is 11.3 Å². The van der Waals surface area contributed by atoms with Crippen LogP contribution in [0, 0.1) is 0 Å². The molecule has 0 amide bonds. The minimum absolute atomic E-state index is 0.344. The quantitative estimate of drug-likeness (QED) is 0.603. The van der Waals surface area contributed by atoms with Crippen molar-refractivity contribution >= 4 is 29.9 Å². The maximum absolute atomic E-state index is 11.6. The molecule has 0 saturated carbocycles. The Labute approximate surface area is 105 Å². The number of aromatic nitrogens is 1. The maximum Gasteiger partial charge on any atom is 0.357 e. The highest BCUT2D eigenvalue weighted by Crippen LogP contribution is 2.21. The van der Waals surface area contributed by atoms with Gasteiger partial charge in [0.15, 0.2) is 13.5 Å². The molecule has 86 valence electrons. The number of ether oxygens (including phenoxy) is 1. The van der Waals surface area contributed by atoms with Crippen molar-refractivity contribution in [3.8, 4) is 10.6 Å². The van der Waals surface area contributed by atoms with E-state index in [1.165, 1.54) is 11.3 Å². The average Bonchev–Trinajstić information content (AvgIpc) is 2.73. The highest BCUT2D eigenvalue weighted by atomic mass is 32.1. The lowest BCUT2D eigenvalue weighted by Gasteiger charge is -1.98. The van der Waals surface area contributed by atoms with Crippen LogP contribution in [0.4, 0.5) is 0 Å². The highest BCUT2D eigenvalue weighted by Gasteiger charge is 2.16. The number of esters is 1. The molecule has 3 nitrogen and oxygen atoms in total. The molecule has 2 aromatic rings. The van der Waals surface area contributed by atoms with E-state index in [2.05, 4.69) is 4.98 Å². The van der Waals surface area contributed by atoms with Crippen LogP contribution in [-0.2, 0) is 4.74 Å². The molecular weight excluding hydrogens is 233 g/mol. The third-order valence-corrected chi connectivity index (χ3v) is 3.31. The molecule has 5 heteroatoms. The second kappa shape index (κ2) is 5.14. The number of carbonyl (C=O) groups excluding carboxylic acids is 1. The topological polar surface area (TPSA) is 39.2 Å². The molecule has 0 unspecified atom stereocenters. The lowest BCUT2D eigenvalue weighted by molar-refractivity contribution is 0.0522. The average molecular weight is 245 g/mol. The molecule has 0 fully saturated rings. The Kier molecular flexibility index (Phi) is 3.59. The van der Waals surface area contributed by atoms with Crippen LogP contribution in [0.25, 0.3) is 10.6 Å².